The molecule has 0 atom stereocenters. The van der Waals surface area contributed by atoms with Crippen LogP contribution in [-0.2, 0) is 16.0 Å². The standard InChI is InChI=1S/C9H6F3IN2O5/c1-19-6(16)3-4-2-5(20-9(10,11)12)7(13)14-8(4)15(17)18/h2H,3H2,1H3. The van der Waals surface area contributed by atoms with E-state index in [9.17, 15) is 28.1 Å². The molecule has 1 rings (SSSR count). The largest absolute Gasteiger partial charge is 0.573 e. The van der Waals surface area contributed by atoms with Crippen molar-refractivity contribution in [2.24, 2.45) is 0 Å². The number of rotatable bonds is 4. The van der Waals surface area contributed by atoms with Crippen LogP contribution in [-0.4, -0.2) is 29.3 Å². The van der Waals surface area contributed by atoms with Crippen molar-refractivity contribution in [3.63, 3.8) is 0 Å². The van der Waals surface area contributed by atoms with Gasteiger partial charge in [-0.25, -0.2) is 0 Å². The fourth-order valence-electron chi connectivity index (χ4n) is 1.21. The Morgan fingerprint density at radius 3 is 2.60 bits per heavy atom. The third-order valence-corrected chi connectivity index (χ3v) is 2.73. The average molecular weight is 406 g/mol. The number of ether oxygens (including phenoxy) is 2. The average Bonchev–Trinajstić information content (AvgIpc) is 2.30. The van der Waals surface area contributed by atoms with E-state index in [4.69, 9.17) is 0 Å². The summed E-state index contributed by atoms with van der Waals surface area (Å²) in [6.07, 6.45) is -5.56. The molecule has 1 aromatic rings. The summed E-state index contributed by atoms with van der Waals surface area (Å²) in [4.78, 5) is 24.4. The number of nitrogens with zero attached hydrogens (tertiary/aromatic N) is 2. The molecule has 0 aliphatic rings. The number of halogens is 4. The second-order valence-electron chi connectivity index (χ2n) is 3.32. The number of hydrogen-bond acceptors (Lipinski definition) is 6. The van der Waals surface area contributed by atoms with Gasteiger partial charge in [-0.15, -0.1) is 13.2 Å². The highest BCUT2D eigenvalue weighted by Gasteiger charge is 2.34. The Kier molecular flexibility index (Phi) is 5.08. The second-order valence-corrected chi connectivity index (χ2v) is 4.34. The number of pyridine rings is 1. The van der Waals surface area contributed by atoms with Gasteiger partial charge in [-0.3, -0.25) is 4.79 Å². The first-order valence-electron chi connectivity index (χ1n) is 4.80. The van der Waals surface area contributed by atoms with Crippen molar-refractivity contribution < 1.29 is 32.4 Å². The molecule has 0 aromatic carbocycles. The minimum atomic E-state index is -4.97. The van der Waals surface area contributed by atoms with E-state index in [1.54, 1.807) is 0 Å². The summed E-state index contributed by atoms with van der Waals surface area (Å²) in [5, 5.41) is 10.8. The third kappa shape index (κ3) is 4.47. The van der Waals surface area contributed by atoms with Crippen LogP contribution in [0.4, 0.5) is 19.0 Å². The Labute approximate surface area is 123 Å². The summed E-state index contributed by atoms with van der Waals surface area (Å²) in [5.41, 5.74) is -0.332. The summed E-state index contributed by atoms with van der Waals surface area (Å²) >= 11 is 1.36. The predicted octanol–water partition coefficient (Wildman–Crippen LogP) is 2.21. The molecule has 0 aliphatic carbocycles. The van der Waals surface area contributed by atoms with Crippen LogP contribution in [0, 0.1) is 13.8 Å². The van der Waals surface area contributed by atoms with Crippen LogP contribution in [0.3, 0.4) is 0 Å². The van der Waals surface area contributed by atoms with E-state index in [1.807, 2.05) is 0 Å². The van der Waals surface area contributed by atoms with Gasteiger partial charge >= 0.3 is 18.1 Å². The highest BCUT2D eigenvalue weighted by atomic mass is 127. The van der Waals surface area contributed by atoms with E-state index < -0.39 is 35.2 Å². The molecule has 110 valence electrons. The minimum Gasteiger partial charge on any atom is -0.469 e. The highest BCUT2D eigenvalue weighted by Crippen LogP contribution is 2.31. The number of aromatic nitrogens is 1. The van der Waals surface area contributed by atoms with Gasteiger partial charge in [0.05, 0.1) is 19.1 Å². The maximum Gasteiger partial charge on any atom is 0.573 e. The first kappa shape index (κ1) is 16.4. The monoisotopic (exact) mass is 406 g/mol. The van der Waals surface area contributed by atoms with E-state index in [0.717, 1.165) is 13.2 Å². The maximum atomic E-state index is 12.2. The molecule has 20 heavy (non-hydrogen) atoms. The topological polar surface area (TPSA) is 91.6 Å². The van der Waals surface area contributed by atoms with Gasteiger partial charge in [0.2, 0.25) is 0 Å². The second kappa shape index (κ2) is 6.19. The molecule has 0 unspecified atom stereocenters. The lowest BCUT2D eigenvalue weighted by molar-refractivity contribution is -0.390. The molecule has 7 nitrogen and oxygen atoms in total. The summed E-state index contributed by atoms with van der Waals surface area (Å²) in [6.45, 7) is 0. The van der Waals surface area contributed by atoms with Gasteiger partial charge in [0.15, 0.2) is 5.75 Å². The normalized spacial score (nSPS) is 11.1. The molecular formula is C9H6F3IN2O5. The third-order valence-electron chi connectivity index (χ3n) is 1.96. The Bertz CT molecular complexity index is 549. The molecule has 0 bridgehead atoms. The van der Waals surface area contributed by atoms with Crippen LogP contribution in [0.2, 0.25) is 0 Å². The first-order chi connectivity index (χ1) is 9.14. The van der Waals surface area contributed by atoms with Crippen molar-refractivity contribution in [2.45, 2.75) is 12.8 Å². The van der Waals surface area contributed by atoms with E-state index >= 15 is 0 Å². The van der Waals surface area contributed by atoms with Gasteiger partial charge < -0.3 is 19.6 Å². The summed E-state index contributed by atoms with van der Waals surface area (Å²) in [5.74, 6) is -2.30. The SMILES string of the molecule is COC(=O)Cc1cc(OC(F)(F)F)c(I)nc1[N+](=O)[O-]. The molecular weight excluding hydrogens is 400 g/mol. The van der Waals surface area contributed by atoms with Crippen LogP contribution in [0.5, 0.6) is 5.75 Å². The molecule has 0 fully saturated rings. The lowest BCUT2D eigenvalue weighted by Gasteiger charge is -2.10. The van der Waals surface area contributed by atoms with Crippen LogP contribution >= 0.6 is 22.6 Å². The lowest BCUT2D eigenvalue weighted by Crippen LogP contribution is -2.19. The highest BCUT2D eigenvalue weighted by molar-refractivity contribution is 14.1. The zero-order chi connectivity index (χ0) is 15.5. The number of hydrogen-bond donors (Lipinski definition) is 0. The molecule has 0 N–H and O–H groups in total. The smallest absolute Gasteiger partial charge is 0.469 e. The van der Waals surface area contributed by atoms with Crippen LogP contribution in [0.15, 0.2) is 6.07 Å². The van der Waals surface area contributed by atoms with Crippen molar-refractivity contribution in [3.05, 3.63) is 25.4 Å². The predicted molar refractivity (Wildman–Crippen MR) is 66.0 cm³/mol. The Hall–Kier alpha value is -1.66. The zero-order valence-electron chi connectivity index (χ0n) is 9.73. The number of esters is 1. The van der Waals surface area contributed by atoms with E-state index in [-0.39, 0.29) is 9.26 Å². The molecule has 0 aliphatic heterocycles. The number of carbonyl (C=O) groups excluding carboxylic acids is 1. The number of carbonyl (C=O) groups is 1. The Morgan fingerprint density at radius 2 is 2.15 bits per heavy atom. The fourth-order valence-corrected chi connectivity index (χ4v) is 1.71. The van der Waals surface area contributed by atoms with Crippen molar-refractivity contribution >= 4 is 34.4 Å². The van der Waals surface area contributed by atoms with Gasteiger partial charge in [-0.2, -0.15) is 0 Å². The van der Waals surface area contributed by atoms with Gasteiger partial charge in [-0.05, 0) is 16.0 Å². The fraction of sp³-hybridized carbons (Fsp3) is 0.333. The maximum absolute atomic E-state index is 12.2. The van der Waals surface area contributed by atoms with Gasteiger partial charge in [0, 0.05) is 22.6 Å². The summed E-state index contributed by atoms with van der Waals surface area (Å²) in [7, 11) is 1.04. The van der Waals surface area contributed by atoms with Crippen molar-refractivity contribution in [3.8, 4) is 5.75 Å². The zero-order valence-corrected chi connectivity index (χ0v) is 11.9. The van der Waals surface area contributed by atoms with E-state index in [1.165, 1.54) is 22.6 Å². The van der Waals surface area contributed by atoms with Gasteiger partial charge in [0.25, 0.3) is 3.70 Å². The molecule has 0 radical (unpaired) electrons. The lowest BCUT2D eigenvalue weighted by atomic mass is 10.2. The van der Waals surface area contributed by atoms with Crippen LogP contribution in [0.25, 0.3) is 0 Å². The molecule has 1 heterocycles. The molecule has 1 aromatic heterocycles. The molecule has 0 spiro atoms. The first-order valence-corrected chi connectivity index (χ1v) is 5.88. The summed E-state index contributed by atoms with van der Waals surface area (Å²) in [6, 6.07) is 0.747. The van der Waals surface area contributed by atoms with Crippen molar-refractivity contribution in [1.29, 1.82) is 0 Å². The van der Waals surface area contributed by atoms with Gasteiger partial charge in [-0.1, -0.05) is 0 Å². The van der Waals surface area contributed by atoms with Gasteiger partial charge in [0.1, 0.15) is 0 Å². The van der Waals surface area contributed by atoms with E-state index in [2.05, 4.69) is 14.5 Å². The molecule has 0 amide bonds. The quantitative estimate of drug-likeness (QED) is 0.250. The van der Waals surface area contributed by atoms with E-state index in [0.29, 0.717) is 0 Å². The van der Waals surface area contributed by atoms with Crippen molar-refractivity contribution in [1.82, 2.24) is 4.98 Å². The Balaban J connectivity index is 3.27. The minimum absolute atomic E-state index is 0.332. The Morgan fingerprint density at radius 1 is 1.55 bits per heavy atom. The molecule has 0 saturated carbocycles. The number of alkyl halides is 3. The van der Waals surface area contributed by atoms with Crippen LogP contribution in [0.1, 0.15) is 5.56 Å². The summed E-state index contributed by atoms with van der Waals surface area (Å²) < 4.78 is 44.1. The van der Waals surface area contributed by atoms with Crippen molar-refractivity contribution in [2.75, 3.05) is 7.11 Å². The number of nitro groups is 1. The molecule has 11 heteroatoms. The van der Waals surface area contributed by atoms with Crippen LogP contribution < -0.4 is 4.74 Å². The number of methoxy groups -OCH3 is 1. The molecule has 0 saturated heterocycles.